The molecule has 23 heavy (non-hydrogen) atoms. The lowest BCUT2D eigenvalue weighted by molar-refractivity contribution is 0.561. The summed E-state index contributed by atoms with van der Waals surface area (Å²) >= 11 is 0. The first-order chi connectivity index (χ1) is 11.0. The van der Waals surface area contributed by atoms with E-state index in [1.807, 2.05) is 30.3 Å². The molecule has 0 unspecified atom stereocenters. The van der Waals surface area contributed by atoms with E-state index in [-0.39, 0.29) is 5.75 Å². The molecule has 0 fully saturated rings. The number of rotatable bonds is 6. The zero-order valence-corrected chi connectivity index (χ0v) is 13.6. The number of nitrogens with one attached hydrogen (secondary N) is 1. The van der Waals surface area contributed by atoms with E-state index in [1.165, 1.54) is 0 Å². The van der Waals surface area contributed by atoms with Crippen LogP contribution in [0.15, 0.2) is 52.9 Å². The van der Waals surface area contributed by atoms with Crippen molar-refractivity contribution in [2.45, 2.75) is 19.8 Å². The van der Waals surface area contributed by atoms with Gasteiger partial charge in [-0.25, -0.2) is 13.4 Å². The van der Waals surface area contributed by atoms with E-state index in [1.54, 1.807) is 25.1 Å². The molecule has 0 aliphatic heterocycles. The minimum absolute atomic E-state index is 0.0811. The minimum Gasteiger partial charge on any atom is -0.441 e. The molecule has 0 aliphatic carbocycles. The molecule has 0 spiro atoms. The van der Waals surface area contributed by atoms with Crippen LogP contribution < -0.4 is 4.72 Å². The molecule has 2 aromatic carbocycles. The Morgan fingerprint density at radius 3 is 2.70 bits per heavy atom. The first-order valence-electron chi connectivity index (χ1n) is 7.43. The number of oxazole rings is 1. The number of hydrogen-bond acceptors (Lipinski definition) is 4. The Morgan fingerprint density at radius 1 is 1.13 bits per heavy atom. The molecule has 120 valence electrons. The van der Waals surface area contributed by atoms with Crippen molar-refractivity contribution in [1.82, 2.24) is 4.98 Å². The lowest BCUT2D eigenvalue weighted by Crippen LogP contribution is -2.17. The number of hydrogen-bond donors (Lipinski definition) is 1. The molecule has 0 saturated carbocycles. The van der Waals surface area contributed by atoms with Crippen LogP contribution in [0.3, 0.4) is 0 Å². The first-order valence-corrected chi connectivity index (χ1v) is 9.09. The molecular formula is C17H18N2O3S. The Morgan fingerprint density at radius 2 is 1.91 bits per heavy atom. The molecule has 6 heteroatoms. The molecule has 5 nitrogen and oxygen atoms in total. The van der Waals surface area contributed by atoms with Gasteiger partial charge in [-0.05, 0) is 36.6 Å². The molecule has 0 radical (unpaired) electrons. The van der Waals surface area contributed by atoms with Gasteiger partial charge in [0.1, 0.15) is 5.52 Å². The number of benzene rings is 2. The number of sulfonamides is 1. The molecule has 0 atom stereocenters. The van der Waals surface area contributed by atoms with Crippen molar-refractivity contribution in [1.29, 1.82) is 0 Å². The third-order valence-corrected chi connectivity index (χ3v) is 4.86. The summed E-state index contributed by atoms with van der Waals surface area (Å²) in [6, 6.07) is 14.9. The fraction of sp³-hybridized carbons (Fsp3) is 0.235. The zero-order chi connectivity index (χ0) is 16.3. The Labute approximate surface area is 135 Å². The van der Waals surface area contributed by atoms with Crippen molar-refractivity contribution in [2.24, 2.45) is 0 Å². The Hall–Kier alpha value is -2.34. The molecule has 3 aromatic rings. The normalized spacial score (nSPS) is 11.7. The van der Waals surface area contributed by atoms with Crippen LogP contribution in [0.4, 0.5) is 5.69 Å². The molecule has 0 aliphatic rings. The molecule has 1 heterocycles. The van der Waals surface area contributed by atoms with Crippen LogP contribution in [0, 0.1) is 6.92 Å². The maximum absolute atomic E-state index is 12.2. The first kappa shape index (κ1) is 15.6. The van der Waals surface area contributed by atoms with Crippen LogP contribution in [0.5, 0.6) is 0 Å². The van der Waals surface area contributed by atoms with Gasteiger partial charge in [0, 0.05) is 6.92 Å². The van der Waals surface area contributed by atoms with Crippen molar-refractivity contribution in [3.05, 3.63) is 60.0 Å². The molecule has 1 aromatic heterocycles. The van der Waals surface area contributed by atoms with Gasteiger partial charge in [0.2, 0.25) is 10.0 Å². The molecule has 0 bridgehead atoms. The van der Waals surface area contributed by atoms with Crippen LogP contribution in [0.1, 0.15) is 17.9 Å². The van der Waals surface area contributed by atoms with Gasteiger partial charge in [0.05, 0.1) is 11.4 Å². The van der Waals surface area contributed by atoms with Crippen molar-refractivity contribution >= 4 is 26.8 Å². The van der Waals surface area contributed by atoms with Crippen molar-refractivity contribution in [2.75, 3.05) is 10.5 Å². The van der Waals surface area contributed by atoms with Gasteiger partial charge in [-0.15, -0.1) is 0 Å². The second kappa shape index (κ2) is 6.42. The van der Waals surface area contributed by atoms with Gasteiger partial charge in [-0.2, -0.15) is 0 Å². The number of anilines is 1. The number of aryl methyl sites for hydroxylation is 2. The molecule has 0 saturated heterocycles. The highest BCUT2D eigenvalue weighted by Crippen LogP contribution is 2.20. The van der Waals surface area contributed by atoms with Gasteiger partial charge in [-0.3, -0.25) is 4.72 Å². The Balaban J connectivity index is 1.62. The van der Waals surface area contributed by atoms with E-state index in [4.69, 9.17) is 4.42 Å². The Bertz CT molecular complexity index is 902. The summed E-state index contributed by atoms with van der Waals surface area (Å²) in [6.07, 6.45) is 1.31. The summed E-state index contributed by atoms with van der Waals surface area (Å²) < 4.78 is 32.3. The fourth-order valence-electron chi connectivity index (χ4n) is 2.45. The largest absolute Gasteiger partial charge is 0.441 e. The molecular weight excluding hydrogens is 312 g/mol. The zero-order valence-electron chi connectivity index (χ0n) is 12.8. The van der Waals surface area contributed by atoms with E-state index in [0.29, 0.717) is 29.1 Å². The highest BCUT2D eigenvalue weighted by molar-refractivity contribution is 7.92. The van der Waals surface area contributed by atoms with E-state index in [9.17, 15) is 8.42 Å². The van der Waals surface area contributed by atoms with Crippen LogP contribution in [0.25, 0.3) is 11.1 Å². The summed E-state index contributed by atoms with van der Waals surface area (Å²) in [5, 5.41) is 0. The van der Waals surface area contributed by atoms with Crippen molar-refractivity contribution in [3.63, 3.8) is 0 Å². The van der Waals surface area contributed by atoms with E-state index >= 15 is 0 Å². The summed E-state index contributed by atoms with van der Waals surface area (Å²) in [7, 11) is -3.38. The smallest absolute Gasteiger partial charge is 0.232 e. The fourth-order valence-corrected chi connectivity index (χ4v) is 3.56. The second-order valence-electron chi connectivity index (χ2n) is 5.43. The van der Waals surface area contributed by atoms with Crippen molar-refractivity contribution in [3.8, 4) is 0 Å². The number of fused-ring (bicyclic) bond motifs is 1. The molecule has 0 amide bonds. The van der Waals surface area contributed by atoms with Gasteiger partial charge in [-0.1, -0.05) is 30.3 Å². The van der Waals surface area contributed by atoms with E-state index < -0.39 is 10.0 Å². The molecule has 3 rings (SSSR count). The second-order valence-corrected chi connectivity index (χ2v) is 7.27. The van der Waals surface area contributed by atoms with Crippen LogP contribution in [-0.2, 0) is 16.4 Å². The highest BCUT2D eigenvalue weighted by atomic mass is 32.2. The van der Waals surface area contributed by atoms with Crippen LogP contribution in [0.2, 0.25) is 0 Å². The highest BCUT2D eigenvalue weighted by Gasteiger charge is 2.12. The van der Waals surface area contributed by atoms with E-state index in [2.05, 4.69) is 9.71 Å². The van der Waals surface area contributed by atoms with E-state index in [0.717, 1.165) is 12.0 Å². The summed E-state index contributed by atoms with van der Waals surface area (Å²) in [6.45, 7) is 1.76. The Kier molecular flexibility index (Phi) is 4.34. The van der Waals surface area contributed by atoms with Crippen LogP contribution >= 0.6 is 0 Å². The number of nitrogens with zero attached hydrogens (tertiary/aromatic N) is 1. The molecule has 1 N–H and O–H groups in total. The third-order valence-electron chi connectivity index (χ3n) is 3.49. The van der Waals surface area contributed by atoms with Gasteiger partial charge < -0.3 is 4.42 Å². The average Bonchev–Trinajstić information content (AvgIpc) is 2.87. The summed E-state index contributed by atoms with van der Waals surface area (Å²) in [5.41, 5.74) is 2.94. The lowest BCUT2D eigenvalue weighted by atomic mass is 10.1. The quantitative estimate of drug-likeness (QED) is 0.750. The third kappa shape index (κ3) is 4.10. The monoisotopic (exact) mass is 330 g/mol. The SMILES string of the molecule is Cc1nc2cc(NS(=O)(=O)CCCc3ccccc3)ccc2o1. The number of aromatic nitrogens is 1. The van der Waals surface area contributed by atoms with Crippen molar-refractivity contribution < 1.29 is 12.8 Å². The topological polar surface area (TPSA) is 72.2 Å². The lowest BCUT2D eigenvalue weighted by Gasteiger charge is -2.08. The minimum atomic E-state index is -3.38. The standard InChI is InChI=1S/C17H18N2O3S/c1-13-18-16-12-15(9-10-17(16)22-13)19-23(20,21)11-5-8-14-6-3-2-4-7-14/h2-4,6-7,9-10,12,19H,5,8,11H2,1H3. The predicted molar refractivity (Wildman–Crippen MR) is 90.9 cm³/mol. The maximum Gasteiger partial charge on any atom is 0.232 e. The van der Waals surface area contributed by atoms with Crippen LogP contribution in [-0.4, -0.2) is 19.2 Å². The average molecular weight is 330 g/mol. The van der Waals surface area contributed by atoms with Gasteiger partial charge >= 0.3 is 0 Å². The predicted octanol–water partition coefficient (Wildman–Crippen LogP) is 3.51. The maximum atomic E-state index is 12.2. The van der Waals surface area contributed by atoms with Gasteiger partial charge in [0.15, 0.2) is 11.5 Å². The summed E-state index contributed by atoms with van der Waals surface area (Å²) in [5.74, 6) is 0.639. The van der Waals surface area contributed by atoms with Gasteiger partial charge in [0.25, 0.3) is 0 Å². The summed E-state index contributed by atoms with van der Waals surface area (Å²) in [4.78, 5) is 4.20.